The number of likely N-dealkylation sites (tertiary alicyclic amines) is 1. The molecule has 2 amide bonds. The first-order valence-electron chi connectivity index (χ1n) is 10.5. The van der Waals surface area contributed by atoms with Crippen molar-refractivity contribution in [3.05, 3.63) is 36.4 Å². The van der Waals surface area contributed by atoms with E-state index < -0.39 is 11.3 Å². The van der Waals surface area contributed by atoms with Gasteiger partial charge in [0.05, 0.1) is 35.2 Å². The number of aromatic amines is 1. The summed E-state index contributed by atoms with van der Waals surface area (Å²) < 4.78 is 1.69. The van der Waals surface area contributed by atoms with Gasteiger partial charge in [-0.2, -0.15) is 15.5 Å². The van der Waals surface area contributed by atoms with Crippen LogP contribution in [0.1, 0.15) is 37.6 Å². The molecule has 0 radical (unpaired) electrons. The van der Waals surface area contributed by atoms with Gasteiger partial charge in [0.1, 0.15) is 5.41 Å². The summed E-state index contributed by atoms with van der Waals surface area (Å²) in [5.74, 6) is -0.619. The number of nitrogens with one attached hydrogen (secondary N) is 2. The highest BCUT2D eigenvalue weighted by atomic mass is 16.2. The van der Waals surface area contributed by atoms with Gasteiger partial charge in [0.25, 0.3) is 5.91 Å². The van der Waals surface area contributed by atoms with Crippen LogP contribution in [0.3, 0.4) is 0 Å². The van der Waals surface area contributed by atoms with Gasteiger partial charge in [-0.05, 0) is 32.3 Å². The van der Waals surface area contributed by atoms with Gasteiger partial charge in [0.15, 0.2) is 0 Å². The molecular weight excluding hydrogens is 408 g/mol. The van der Waals surface area contributed by atoms with Crippen molar-refractivity contribution in [2.45, 2.75) is 33.2 Å². The number of fused-ring (bicyclic) bond motifs is 1. The van der Waals surface area contributed by atoms with E-state index in [0.29, 0.717) is 24.3 Å². The number of anilines is 1. The number of hydrogen-bond acceptors (Lipinski definition) is 6. The summed E-state index contributed by atoms with van der Waals surface area (Å²) in [6, 6.07) is 3.91. The number of nitrogens with zero attached hydrogens (tertiary/aromatic N) is 5. The molecule has 0 aromatic carbocycles. The number of rotatable bonds is 6. The van der Waals surface area contributed by atoms with Gasteiger partial charge in [-0.25, -0.2) is 4.52 Å². The molecule has 4 heterocycles. The van der Waals surface area contributed by atoms with Crippen LogP contribution in [0, 0.1) is 22.7 Å². The maximum atomic E-state index is 12.9. The maximum absolute atomic E-state index is 12.9. The Morgan fingerprint density at radius 1 is 1.34 bits per heavy atom. The van der Waals surface area contributed by atoms with E-state index >= 15 is 0 Å². The van der Waals surface area contributed by atoms with Crippen LogP contribution in [0.15, 0.2) is 30.9 Å². The Bertz CT molecular complexity index is 1200. The van der Waals surface area contributed by atoms with E-state index in [9.17, 15) is 14.9 Å². The molecule has 1 saturated heterocycles. The SMILES string of the molecule is CC[C@@H]1CN(C(=O)C(C)(C)C#N)C[C@H]1Nc1c(C(N)=O)cnn2cc(-c3cn[nH]c3)cc12. The molecule has 3 aromatic rings. The molecule has 10 nitrogen and oxygen atoms in total. The summed E-state index contributed by atoms with van der Waals surface area (Å²) in [6.45, 7) is 6.31. The third-order valence-electron chi connectivity index (χ3n) is 6.13. The summed E-state index contributed by atoms with van der Waals surface area (Å²) in [6.07, 6.45) is 7.63. The van der Waals surface area contributed by atoms with Crippen LogP contribution in [0.2, 0.25) is 0 Å². The van der Waals surface area contributed by atoms with Crippen molar-refractivity contribution < 1.29 is 9.59 Å². The second-order valence-corrected chi connectivity index (χ2v) is 8.71. The lowest BCUT2D eigenvalue weighted by atomic mass is 9.94. The van der Waals surface area contributed by atoms with Crippen LogP contribution in [0.25, 0.3) is 16.6 Å². The third kappa shape index (κ3) is 3.66. The molecule has 1 fully saturated rings. The minimum Gasteiger partial charge on any atom is -0.378 e. The number of nitriles is 1. The van der Waals surface area contributed by atoms with Crippen molar-refractivity contribution in [3.8, 4) is 17.2 Å². The lowest BCUT2D eigenvalue weighted by Crippen LogP contribution is -2.40. The number of hydrogen-bond donors (Lipinski definition) is 3. The number of aromatic nitrogens is 4. The summed E-state index contributed by atoms with van der Waals surface area (Å²) >= 11 is 0. The lowest BCUT2D eigenvalue weighted by molar-refractivity contribution is -0.136. The van der Waals surface area contributed by atoms with E-state index in [1.165, 1.54) is 6.20 Å². The second-order valence-electron chi connectivity index (χ2n) is 8.71. The molecule has 0 bridgehead atoms. The minimum absolute atomic E-state index is 0.102. The molecule has 32 heavy (non-hydrogen) atoms. The number of carbonyl (C=O) groups excluding carboxylic acids is 2. The molecule has 2 atom stereocenters. The average Bonchev–Trinajstić information content (AvgIpc) is 3.51. The summed E-state index contributed by atoms with van der Waals surface area (Å²) in [4.78, 5) is 26.8. The Labute approximate surface area is 185 Å². The first-order valence-corrected chi connectivity index (χ1v) is 10.5. The van der Waals surface area contributed by atoms with Gasteiger partial charge >= 0.3 is 0 Å². The standard InChI is InChI=1S/C22H26N8O2/c1-4-13-9-29(21(32)22(2,3)12-23)11-17(13)28-19-16(20(24)31)8-27-30-10-14(5-18(19)30)15-6-25-26-7-15/h5-8,10,13,17,28H,4,9,11H2,1-3H3,(H2,24,31)(H,25,26)/t13-,17-/m1/s1. The zero-order valence-corrected chi connectivity index (χ0v) is 18.3. The van der Waals surface area contributed by atoms with Gasteiger partial charge in [-0.3, -0.25) is 14.7 Å². The molecule has 1 aliphatic rings. The highest BCUT2D eigenvalue weighted by molar-refractivity contribution is 6.02. The Hall–Kier alpha value is -3.87. The fourth-order valence-corrected chi connectivity index (χ4v) is 4.20. The normalized spacial score (nSPS) is 18.6. The molecule has 166 valence electrons. The van der Waals surface area contributed by atoms with Gasteiger partial charge < -0.3 is 16.0 Å². The molecule has 1 aliphatic heterocycles. The first-order chi connectivity index (χ1) is 15.2. The van der Waals surface area contributed by atoms with Crippen molar-refractivity contribution in [2.24, 2.45) is 17.1 Å². The van der Waals surface area contributed by atoms with Crippen molar-refractivity contribution >= 4 is 23.0 Å². The van der Waals surface area contributed by atoms with E-state index in [-0.39, 0.29) is 23.4 Å². The molecule has 0 unspecified atom stereocenters. The van der Waals surface area contributed by atoms with Crippen LogP contribution >= 0.6 is 0 Å². The fourth-order valence-electron chi connectivity index (χ4n) is 4.20. The first kappa shape index (κ1) is 21.4. The Balaban J connectivity index is 1.71. The predicted octanol–water partition coefficient (Wildman–Crippen LogP) is 2.02. The van der Waals surface area contributed by atoms with Crippen LogP contribution in [-0.2, 0) is 4.79 Å². The topological polar surface area (TPSA) is 145 Å². The molecule has 0 spiro atoms. The molecule has 0 saturated carbocycles. The van der Waals surface area contributed by atoms with Crippen LogP contribution in [0.4, 0.5) is 5.69 Å². The van der Waals surface area contributed by atoms with E-state index in [0.717, 1.165) is 17.5 Å². The minimum atomic E-state index is -1.09. The average molecular weight is 435 g/mol. The smallest absolute Gasteiger partial charge is 0.252 e. The zero-order valence-electron chi connectivity index (χ0n) is 18.3. The van der Waals surface area contributed by atoms with Crippen LogP contribution in [-0.4, -0.2) is 55.7 Å². The summed E-state index contributed by atoms with van der Waals surface area (Å²) in [7, 11) is 0. The number of H-pyrrole nitrogens is 1. The Kier molecular flexibility index (Phi) is 5.34. The summed E-state index contributed by atoms with van der Waals surface area (Å²) in [5.41, 5.74) is 7.92. The summed E-state index contributed by atoms with van der Waals surface area (Å²) in [5, 5.41) is 24.0. The quantitative estimate of drug-likeness (QED) is 0.541. The molecule has 10 heteroatoms. The van der Waals surface area contributed by atoms with E-state index in [1.807, 2.05) is 12.3 Å². The maximum Gasteiger partial charge on any atom is 0.252 e. The lowest BCUT2D eigenvalue weighted by Gasteiger charge is -2.24. The third-order valence-corrected chi connectivity index (χ3v) is 6.13. The number of amides is 2. The molecule has 0 aliphatic carbocycles. The molecule has 3 aromatic heterocycles. The predicted molar refractivity (Wildman–Crippen MR) is 118 cm³/mol. The molecule has 4 rings (SSSR count). The van der Waals surface area contributed by atoms with E-state index in [2.05, 4.69) is 33.6 Å². The highest BCUT2D eigenvalue weighted by Crippen LogP contribution is 2.32. The van der Waals surface area contributed by atoms with E-state index in [4.69, 9.17) is 5.73 Å². The highest BCUT2D eigenvalue weighted by Gasteiger charge is 2.40. The number of carbonyl (C=O) groups is 2. The van der Waals surface area contributed by atoms with Gasteiger partial charge in [0, 0.05) is 42.7 Å². The van der Waals surface area contributed by atoms with Crippen molar-refractivity contribution in [1.29, 1.82) is 5.26 Å². The van der Waals surface area contributed by atoms with Crippen LogP contribution in [0.5, 0.6) is 0 Å². The molecule has 4 N–H and O–H groups in total. The number of primary amides is 1. The Morgan fingerprint density at radius 3 is 2.75 bits per heavy atom. The number of nitrogens with two attached hydrogens (primary N) is 1. The zero-order chi connectivity index (χ0) is 23.0. The second kappa shape index (κ2) is 8.00. The van der Waals surface area contributed by atoms with Crippen molar-refractivity contribution in [1.82, 2.24) is 24.7 Å². The van der Waals surface area contributed by atoms with Crippen molar-refractivity contribution in [2.75, 3.05) is 18.4 Å². The Morgan fingerprint density at radius 2 is 2.12 bits per heavy atom. The van der Waals surface area contributed by atoms with Gasteiger partial charge in [-0.15, -0.1) is 0 Å². The monoisotopic (exact) mass is 434 g/mol. The van der Waals surface area contributed by atoms with Gasteiger partial charge in [-0.1, -0.05) is 6.92 Å². The molecular formula is C22H26N8O2. The largest absolute Gasteiger partial charge is 0.378 e. The van der Waals surface area contributed by atoms with Crippen LogP contribution < -0.4 is 11.1 Å². The van der Waals surface area contributed by atoms with E-state index in [1.54, 1.807) is 35.7 Å². The fraction of sp³-hybridized carbons (Fsp3) is 0.409. The van der Waals surface area contributed by atoms with Gasteiger partial charge in [0.2, 0.25) is 5.91 Å². The van der Waals surface area contributed by atoms with Crippen molar-refractivity contribution in [3.63, 3.8) is 0 Å².